The summed E-state index contributed by atoms with van der Waals surface area (Å²) in [5.74, 6) is -0.115. The second-order valence-electron chi connectivity index (χ2n) is 4.64. The zero-order chi connectivity index (χ0) is 13.9. The Bertz CT molecular complexity index is 730. The molecule has 3 heteroatoms. The highest BCUT2D eigenvalue weighted by molar-refractivity contribution is 5.95. The molecule has 0 unspecified atom stereocenters. The van der Waals surface area contributed by atoms with Crippen molar-refractivity contribution in [1.82, 2.24) is 9.78 Å². The first kappa shape index (κ1) is 12.4. The number of hydrogen-bond donors (Lipinski definition) is 0. The number of carbonyl (C=O) groups excluding carboxylic acids is 1. The van der Waals surface area contributed by atoms with Gasteiger partial charge in [-0.25, -0.2) is 4.68 Å². The molecule has 0 fully saturated rings. The van der Waals surface area contributed by atoms with Crippen molar-refractivity contribution in [3.63, 3.8) is 0 Å². The van der Waals surface area contributed by atoms with Crippen LogP contribution in [0.5, 0.6) is 0 Å². The van der Waals surface area contributed by atoms with Crippen LogP contribution in [0.25, 0.3) is 11.3 Å². The quantitative estimate of drug-likeness (QED) is 0.708. The molecule has 20 heavy (non-hydrogen) atoms. The zero-order valence-electron chi connectivity index (χ0n) is 11.2. The Kier molecular flexibility index (Phi) is 3.17. The average Bonchev–Trinajstić information content (AvgIpc) is 2.90. The molecule has 1 aromatic heterocycles. The standard InChI is InChI=1S/C17H14N2O/c1-13-12-19(17(20)15-10-6-3-7-11-15)18-16(13)14-8-4-2-5-9-14/h2-12H,1H3. The summed E-state index contributed by atoms with van der Waals surface area (Å²) in [7, 11) is 0. The minimum Gasteiger partial charge on any atom is -0.267 e. The normalized spacial score (nSPS) is 10.4. The van der Waals surface area contributed by atoms with Crippen LogP contribution in [0.4, 0.5) is 0 Å². The van der Waals surface area contributed by atoms with Gasteiger partial charge in [0.1, 0.15) is 0 Å². The van der Waals surface area contributed by atoms with Crippen molar-refractivity contribution in [3.05, 3.63) is 78.0 Å². The third-order valence-corrected chi connectivity index (χ3v) is 3.17. The Morgan fingerprint density at radius 2 is 1.55 bits per heavy atom. The third kappa shape index (κ3) is 2.26. The molecule has 1 heterocycles. The van der Waals surface area contributed by atoms with Crippen molar-refractivity contribution >= 4 is 5.91 Å². The van der Waals surface area contributed by atoms with E-state index in [9.17, 15) is 4.79 Å². The van der Waals surface area contributed by atoms with Gasteiger partial charge in [0.15, 0.2) is 0 Å². The smallest absolute Gasteiger partial charge is 0.267 e. The van der Waals surface area contributed by atoms with Gasteiger partial charge in [-0.1, -0.05) is 48.5 Å². The van der Waals surface area contributed by atoms with Gasteiger partial charge in [0.25, 0.3) is 5.91 Å². The molecule has 0 N–H and O–H groups in total. The Morgan fingerprint density at radius 1 is 0.950 bits per heavy atom. The topological polar surface area (TPSA) is 34.9 Å². The van der Waals surface area contributed by atoms with Gasteiger partial charge in [-0.05, 0) is 24.6 Å². The average molecular weight is 262 g/mol. The number of benzene rings is 2. The molecule has 2 aromatic carbocycles. The molecule has 98 valence electrons. The highest BCUT2D eigenvalue weighted by Gasteiger charge is 2.13. The van der Waals surface area contributed by atoms with E-state index in [0.29, 0.717) is 5.56 Å². The highest BCUT2D eigenvalue weighted by atomic mass is 16.2. The van der Waals surface area contributed by atoms with Crippen LogP contribution >= 0.6 is 0 Å². The van der Waals surface area contributed by atoms with Crippen LogP contribution in [0.1, 0.15) is 15.9 Å². The van der Waals surface area contributed by atoms with Gasteiger partial charge in [-0.3, -0.25) is 4.79 Å². The van der Waals surface area contributed by atoms with E-state index in [1.807, 2.05) is 55.5 Å². The maximum absolute atomic E-state index is 12.3. The van der Waals surface area contributed by atoms with Crippen LogP contribution in [0.2, 0.25) is 0 Å². The summed E-state index contributed by atoms with van der Waals surface area (Å²) in [6.45, 7) is 1.96. The van der Waals surface area contributed by atoms with Crippen molar-refractivity contribution in [2.24, 2.45) is 0 Å². The molecule has 0 spiro atoms. The molecule has 0 saturated carbocycles. The monoisotopic (exact) mass is 262 g/mol. The summed E-state index contributed by atoms with van der Waals surface area (Å²) in [6, 6.07) is 19.1. The van der Waals surface area contributed by atoms with Crippen LogP contribution in [-0.4, -0.2) is 15.7 Å². The lowest BCUT2D eigenvalue weighted by molar-refractivity contribution is 0.0945. The minimum absolute atomic E-state index is 0.115. The molecule has 0 saturated heterocycles. The van der Waals surface area contributed by atoms with Gasteiger partial charge in [0.05, 0.1) is 5.69 Å². The fraction of sp³-hybridized carbons (Fsp3) is 0.0588. The highest BCUT2D eigenvalue weighted by Crippen LogP contribution is 2.21. The van der Waals surface area contributed by atoms with E-state index in [0.717, 1.165) is 16.8 Å². The summed E-state index contributed by atoms with van der Waals surface area (Å²) >= 11 is 0. The summed E-state index contributed by atoms with van der Waals surface area (Å²) in [5, 5.41) is 4.42. The molecule has 3 aromatic rings. The molecular formula is C17H14N2O. The molecule has 0 aliphatic carbocycles. The Balaban J connectivity index is 2.00. The van der Waals surface area contributed by atoms with E-state index in [2.05, 4.69) is 5.10 Å². The Hall–Kier alpha value is -2.68. The van der Waals surface area contributed by atoms with Gasteiger partial charge in [-0.2, -0.15) is 5.10 Å². The molecule has 0 atom stereocenters. The number of aryl methyl sites for hydroxylation is 1. The number of aromatic nitrogens is 2. The van der Waals surface area contributed by atoms with Crippen LogP contribution < -0.4 is 0 Å². The van der Waals surface area contributed by atoms with E-state index >= 15 is 0 Å². The molecule has 3 rings (SSSR count). The van der Waals surface area contributed by atoms with E-state index in [1.54, 1.807) is 18.3 Å². The van der Waals surface area contributed by atoms with Crippen LogP contribution in [-0.2, 0) is 0 Å². The first-order valence-corrected chi connectivity index (χ1v) is 6.47. The van der Waals surface area contributed by atoms with Crippen molar-refractivity contribution in [3.8, 4) is 11.3 Å². The maximum atomic E-state index is 12.3. The van der Waals surface area contributed by atoms with Crippen LogP contribution in [0, 0.1) is 6.92 Å². The van der Waals surface area contributed by atoms with Gasteiger partial charge >= 0.3 is 0 Å². The lowest BCUT2D eigenvalue weighted by atomic mass is 10.1. The minimum atomic E-state index is -0.115. The molecule has 0 amide bonds. The SMILES string of the molecule is Cc1cn(C(=O)c2ccccc2)nc1-c1ccccc1. The summed E-state index contributed by atoms with van der Waals surface area (Å²) in [6.07, 6.45) is 1.78. The van der Waals surface area contributed by atoms with Crippen molar-refractivity contribution in [1.29, 1.82) is 0 Å². The number of hydrogen-bond acceptors (Lipinski definition) is 2. The lowest BCUT2D eigenvalue weighted by Crippen LogP contribution is -2.12. The zero-order valence-corrected chi connectivity index (χ0v) is 11.2. The maximum Gasteiger partial charge on any atom is 0.278 e. The third-order valence-electron chi connectivity index (χ3n) is 3.17. The van der Waals surface area contributed by atoms with Gasteiger partial charge in [-0.15, -0.1) is 0 Å². The molecule has 0 aliphatic rings. The number of rotatable bonds is 2. The summed E-state index contributed by atoms with van der Waals surface area (Å²) in [5.41, 5.74) is 3.48. The second kappa shape index (κ2) is 5.13. The van der Waals surface area contributed by atoms with Gasteiger partial charge in [0, 0.05) is 17.3 Å². The first-order valence-electron chi connectivity index (χ1n) is 6.47. The largest absolute Gasteiger partial charge is 0.278 e. The van der Waals surface area contributed by atoms with Gasteiger partial charge in [0.2, 0.25) is 0 Å². The van der Waals surface area contributed by atoms with Gasteiger partial charge < -0.3 is 0 Å². The molecule has 0 radical (unpaired) electrons. The molecule has 3 nitrogen and oxygen atoms in total. The van der Waals surface area contributed by atoms with E-state index in [4.69, 9.17) is 0 Å². The number of nitrogens with zero attached hydrogens (tertiary/aromatic N) is 2. The second-order valence-corrected chi connectivity index (χ2v) is 4.64. The van der Waals surface area contributed by atoms with Crippen LogP contribution in [0.3, 0.4) is 0 Å². The van der Waals surface area contributed by atoms with Crippen LogP contribution in [0.15, 0.2) is 66.9 Å². The van der Waals surface area contributed by atoms with Crippen molar-refractivity contribution in [2.45, 2.75) is 6.92 Å². The fourth-order valence-electron chi connectivity index (χ4n) is 2.16. The van der Waals surface area contributed by atoms with E-state index in [1.165, 1.54) is 4.68 Å². The predicted molar refractivity (Wildman–Crippen MR) is 78.6 cm³/mol. The summed E-state index contributed by atoms with van der Waals surface area (Å²) in [4.78, 5) is 12.3. The van der Waals surface area contributed by atoms with Crippen molar-refractivity contribution < 1.29 is 4.79 Å². The van der Waals surface area contributed by atoms with Crippen molar-refractivity contribution in [2.75, 3.05) is 0 Å². The number of carbonyl (C=O) groups is 1. The Labute approximate surface area is 117 Å². The molecule has 0 bridgehead atoms. The fourth-order valence-corrected chi connectivity index (χ4v) is 2.16. The molecule has 0 aliphatic heterocycles. The van der Waals surface area contributed by atoms with E-state index < -0.39 is 0 Å². The summed E-state index contributed by atoms with van der Waals surface area (Å²) < 4.78 is 1.41. The Morgan fingerprint density at radius 3 is 2.20 bits per heavy atom. The lowest BCUT2D eigenvalue weighted by Gasteiger charge is -2.00. The molecular weight excluding hydrogens is 248 g/mol. The first-order chi connectivity index (χ1) is 9.75. The van der Waals surface area contributed by atoms with E-state index in [-0.39, 0.29) is 5.91 Å². The predicted octanol–water partition coefficient (Wildman–Crippen LogP) is 3.55.